The van der Waals surface area contributed by atoms with Gasteiger partial charge in [-0.25, -0.2) is 4.39 Å². The molecule has 0 radical (unpaired) electrons. The highest BCUT2D eigenvalue weighted by Crippen LogP contribution is 2.21. The lowest BCUT2D eigenvalue weighted by Gasteiger charge is -2.15. The highest BCUT2D eigenvalue weighted by molar-refractivity contribution is 6.31. The molecule has 0 saturated carbocycles. The predicted molar refractivity (Wildman–Crippen MR) is 65.6 cm³/mol. The first-order valence-corrected chi connectivity index (χ1v) is 5.95. The zero-order chi connectivity index (χ0) is 12.4. The van der Waals surface area contributed by atoms with Crippen LogP contribution in [0.1, 0.15) is 13.3 Å². The molecule has 1 saturated heterocycles. The number of hydrogen-bond donors (Lipinski definition) is 2. The van der Waals surface area contributed by atoms with Crippen molar-refractivity contribution in [2.45, 2.75) is 19.4 Å². The maximum atomic E-state index is 12.9. The number of carbonyl (C=O) groups is 1. The van der Waals surface area contributed by atoms with E-state index in [1.165, 1.54) is 18.2 Å². The number of benzene rings is 1. The maximum absolute atomic E-state index is 12.9. The van der Waals surface area contributed by atoms with Gasteiger partial charge in [0.05, 0.1) is 11.1 Å². The molecule has 5 heteroatoms. The molecule has 1 heterocycles. The van der Waals surface area contributed by atoms with Gasteiger partial charge in [-0.05, 0) is 37.1 Å². The van der Waals surface area contributed by atoms with Crippen molar-refractivity contribution in [1.82, 2.24) is 5.32 Å². The largest absolute Gasteiger partial charge is 0.325 e. The molecule has 2 unspecified atom stereocenters. The molecule has 1 aliphatic rings. The number of halogens is 2. The molecule has 92 valence electrons. The molecule has 0 bridgehead atoms. The monoisotopic (exact) mass is 256 g/mol. The molecule has 2 N–H and O–H groups in total. The second-order valence-corrected chi connectivity index (χ2v) is 4.72. The molecule has 1 aliphatic heterocycles. The van der Waals surface area contributed by atoms with Crippen LogP contribution in [0.25, 0.3) is 0 Å². The summed E-state index contributed by atoms with van der Waals surface area (Å²) in [5.74, 6) is -0.277. The summed E-state index contributed by atoms with van der Waals surface area (Å²) in [6.07, 6.45) is 0.988. The fraction of sp³-hybridized carbons (Fsp3) is 0.417. The molecule has 2 rings (SSSR count). The molecule has 1 aromatic rings. The Morgan fingerprint density at radius 1 is 1.59 bits per heavy atom. The zero-order valence-electron chi connectivity index (χ0n) is 9.47. The maximum Gasteiger partial charge on any atom is 0.241 e. The number of anilines is 1. The lowest BCUT2D eigenvalue weighted by molar-refractivity contribution is -0.118. The van der Waals surface area contributed by atoms with E-state index in [4.69, 9.17) is 11.6 Å². The first-order valence-electron chi connectivity index (χ1n) is 5.57. The molecule has 1 fully saturated rings. The van der Waals surface area contributed by atoms with Crippen molar-refractivity contribution in [3.8, 4) is 0 Å². The third-order valence-electron chi connectivity index (χ3n) is 3.00. The van der Waals surface area contributed by atoms with Crippen molar-refractivity contribution in [3.63, 3.8) is 0 Å². The summed E-state index contributed by atoms with van der Waals surface area (Å²) < 4.78 is 12.9. The minimum atomic E-state index is -0.489. The molecule has 0 aromatic heterocycles. The van der Waals surface area contributed by atoms with Gasteiger partial charge in [0.25, 0.3) is 0 Å². The van der Waals surface area contributed by atoms with Crippen LogP contribution >= 0.6 is 11.6 Å². The van der Waals surface area contributed by atoms with Gasteiger partial charge >= 0.3 is 0 Å². The number of nitrogens with one attached hydrogen (secondary N) is 2. The van der Waals surface area contributed by atoms with Crippen LogP contribution in [-0.4, -0.2) is 18.5 Å². The SMILES string of the molecule is CC1CCNC1C(=O)Nc1ccc(F)c(Cl)c1. The predicted octanol–water partition coefficient (Wildman–Crippen LogP) is 2.42. The second kappa shape index (κ2) is 5.02. The lowest BCUT2D eigenvalue weighted by atomic mass is 10.0. The van der Waals surface area contributed by atoms with Gasteiger partial charge in [-0.15, -0.1) is 0 Å². The van der Waals surface area contributed by atoms with E-state index >= 15 is 0 Å². The van der Waals surface area contributed by atoms with Crippen LogP contribution in [-0.2, 0) is 4.79 Å². The van der Waals surface area contributed by atoms with Crippen molar-refractivity contribution in [1.29, 1.82) is 0 Å². The van der Waals surface area contributed by atoms with Crippen molar-refractivity contribution in [3.05, 3.63) is 29.0 Å². The van der Waals surface area contributed by atoms with Crippen LogP contribution in [0.2, 0.25) is 5.02 Å². The van der Waals surface area contributed by atoms with Gasteiger partial charge in [0, 0.05) is 5.69 Å². The van der Waals surface area contributed by atoms with E-state index in [1.807, 2.05) is 6.92 Å². The molecule has 0 aliphatic carbocycles. The van der Waals surface area contributed by atoms with E-state index in [1.54, 1.807) is 0 Å². The van der Waals surface area contributed by atoms with Crippen LogP contribution in [0.5, 0.6) is 0 Å². The van der Waals surface area contributed by atoms with Crippen LogP contribution in [0.15, 0.2) is 18.2 Å². The zero-order valence-corrected chi connectivity index (χ0v) is 10.2. The second-order valence-electron chi connectivity index (χ2n) is 4.32. The average Bonchev–Trinajstić information content (AvgIpc) is 2.70. The molecular weight excluding hydrogens is 243 g/mol. The summed E-state index contributed by atoms with van der Waals surface area (Å²) in [5, 5.41) is 5.87. The number of carbonyl (C=O) groups excluding carboxylic acids is 1. The Bertz CT molecular complexity index is 439. The number of hydrogen-bond acceptors (Lipinski definition) is 2. The summed E-state index contributed by atoms with van der Waals surface area (Å²) in [6.45, 7) is 2.88. The van der Waals surface area contributed by atoms with E-state index in [0.29, 0.717) is 11.6 Å². The molecular formula is C12H14ClFN2O. The Balaban J connectivity index is 2.05. The van der Waals surface area contributed by atoms with E-state index in [2.05, 4.69) is 10.6 Å². The van der Waals surface area contributed by atoms with Gasteiger partial charge in [0.2, 0.25) is 5.91 Å². The highest BCUT2D eigenvalue weighted by atomic mass is 35.5. The normalized spacial score (nSPS) is 23.7. The molecule has 3 nitrogen and oxygen atoms in total. The van der Waals surface area contributed by atoms with Gasteiger partial charge in [-0.3, -0.25) is 4.79 Å². The summed E-state index contributed by atoms with van der Waals surface area (Å²) in [5.41, 5.74) is 0.516. The van der Waals surface area contributed by atoms with Crippen molar-refractivity contribution in [2.75, 3.05) is 11.9 Å². The Labute approximate surface area is 104 Å². The minimum Gasteiger partial charge on any atom is -0.325 e. The van der Waals surface area contributed by atoms with Gasteiger partial charge in [0.1, 0.15) is 5.82 Å². The van der Waals surface area contributed by atoms with Gasteiger partial charge in [-0.1, -0.05) is 18.5 Å². The smallest absolute Gasteiger partial charge is 0.241 e. The summed E-state index contributed by atoms with van der Waals surface area (Å²) in [4.78, 5) is 11.9. The van der Waals surface area contributed by atoms with E-state index in [-0.39, 0.29) is 17.0 Å². The summed E-state index contributed by atoms with van der Waals surface area (Å²) in [6, 6.07) is 3.97. The fourth-order valence-electron chi connectivity index (χ4n) is 1.98. The van der Waals surface area contributed by atoms with E-state index in [0.717, 1.165) is 13.0 Å². The first-order chi connectivity index (χ1) is 8.08. The van der Waals surface area contributed by atoms with Crippen LogP contribution in [0.3, 0.4) is 0 Å². The molecule has 2 atom stereocenters. The Morgan fingerprint density at radius 2 is 2.35 bits per heavy atom. The Hall–Kier alpha value is -1.13. The molecule has 17 heavy (non-hydrogen) atoms. The highest BCUT2D eigenvalue weighted by Gasteiger charge is 2.29. The van der Waals surface area contributed by atoms with E-state index < -0.39 is 5.82 Å². The van der Waals surface area contributed by atoms with Crippen molar-refractivity contribution in [2.24, 2.45) is 5.92 Å². The molecule has 1 amide bonds. The minimum absolute atomic E-state index is 0.00947. The summed E-state index contributed by atoms with van der Waals surface area (Å²) in [7, 11) is 0. The van der Waals surface area contributed by atoms with Crippen molar-refractivity contribution < 1.29 is 9.18 Å². The quantitative estimate of drug-likeness (QED) is 0.853. The van der Waals surface area contributed by atoms with Crippen LogP contribution in [0, 0.1) is 11.7 Å². The number of rotatable bonds is 2. The summed E-state index contributed by atoms with van der Waals surface area (Å²) >= 11 is 5.64. The van der Waals surface area contributed by atoms with Gasteiger partial charge in [0.15, 0.2) is 0 Å². The van der Waals surface area contributed by atoms with Gasteiger partial charge in [-0.2, -0.15) is 0 Å². The fourth-order valence-corrected chi connectivity index (χ4v) is 2.16. The van der Waals surface area contributed by atoms with Crippen LogP contribution < -0.4 is 10.6 Å². The average molecular weight is 257 g/mol. The Morgan fingerprint density at radius 3 is 2.94 bits per heavy atom. The standard InChI is InChI=1S/C12H14ClFN2O/c1-7-4-5-15-11(7)12(17)16-8-2-3-10(14)9(13)6-8/h2-3,6-7,11,15H,4-5H2,1H3,(H,16,17). The van der Waals surface area contributed by atoms with Crippen LogP contribution in [0.4, 0.5) is 10.1 Å². The molecule has 0 spiro atoms. The topological polar surface area (TPSA) is 41.1 Å². The third kappa shape index (κ3) is 2.76. The number of amides is 1. The van der Waals surface area contributed by atoms with Gasteiger partial charge < -0.3 is 10.6 Å². The third-order valence-corrected chi connectivity index (χ3v) is 3.29. The Kier molecular flexibility index (Phi) is 3.64. The van der Waals surface area contributed by atoms with Crippen molar-refractivity contribution >= 4 is 23.2 Å². The molecule has 1 aromatic carbocycles. The lowest BCUT2D eigenvalue weighted by Crippen LogP contribution is -2.39. The first kappa shape index (κ1) is 12.3. The van der Waals surface area contributed by atoms with E-state index in [9.17, 15) is 9.18 Å².